The molecule has 5 rings (SSSR count). The van der Waals surface area contributed by atoms with Gasteiger partial charge >= 0.3 is 5.97 Å². The van der Waals surface area contributed by atoms with Gasteiger partial charge in [-0.2, -0.15) is 4.31 Å². The number of benzene rings is 2. The molecule has 8 nitrogen and oxygen atoms in total. The zero-order valence-corrected chi connectivity index (χ0v) is 22.5. The Kier molecular flexibility index (Phi) is 7.38. The molecule has 2 aromatic heterocycles. The van der Waals surface area contributed by atoms with Crippen LogP contribution in [0.15, 0.2) is 59.5 Å². The third-order valence-corrected chi connectivity index (χ3v) is 10.2. The number of piperidine rings is 1. The highest BCUT2D eigenvalue weighted by Crippen LogP contribution is 2.34. The van der Waals surface area contributed by atoms with Crippen LogP contribution in [0.5, 0.6) is 0 Å². The number of carbonyl (C=O) groups is 2. The third kappa shape index (κ3) is 5.59. The molecule has 4 aromatic rings. The molecule has 1 fully saturated rings. The molecule has 1 saturated heterocycles. The standard InChI is InChI=1S/C26H25N3O5S3/c1-17-9-10-18(37(32,33)29-13-5-2-6-14-29)15-20(17)27-24(30)16-34-26(31)23-12-11-22(35-23)25-28-19-7-3-4-8-21(19)36-25/h3-4,7-12,15H,2,5-6,13-14,16H2,1H3,(H,27,30). The molecule has 0 unspecified atom stereocenters. The summed E-state index contributed by atoms with van der Waals surface area (Å²) in [6.45, 7) is 2.28. The first-order valence-corrected chi connectivity index (χ1v) is 14.9. The van der Waals surface area contributed by atoms with Crippen LogP contribution in [-0.4, -0.2) is 49.3 Å². The fourth-order valence-corrected chi connectivity index (χ4v) is 7.54. The smallest absolute Gasteiger partial charge is 0.348 e. The molecule has 0 atom stereocenters. The lowest BCUT2D eigenvalue weighted by Gasteiger charge is -2.26. The number of aromatic nitrogens is 1. The Morgan fingerprint density at radius 3 is 2.59 bits per heavy atom. The molecule has 0 saturated carbocycles. The molecule has 3 heterocycles. The molecular formula is C26H25N3O5S3. The van der Waals surface area contributed by atoms with Gasteiger partial charge in [0, 0.05) is 18.8 Å². The van der Waals surface area contributed by atoms with Gasteiger partial charge in [-0.1, -0.05) is 24.6 Å². The number of carbonyl (C=O) groups excluding carboxylic acids is 2. The SMILES string of the molecule is Cc1ccc(S(=O)(=O)N2CCCCC2)cc1NC(=O)COC(=O)c1ccc(-c2nc3ccccc3s2)s1. The summed E-state index contributed by atoms with van der Waals surface area (Å²) in [6, 6.07) is 16.0. The lowest BCUT2D eigenvalue weighted by molar-refractivity contribution is -0.119. The minimum Gasteiger partial charge on any atom is -0.451 e. The largest absolute Gasteiger partial charge is 0.451 e. The molecule has 0 aliphatic carbocycles. The summed E-state index contributed by atoms with van der Waals surface area (Å²) in [6.07, 6.45) is 2.70. The van der Waals surface area contributed by atoms with Crippen LogP contribution in [0.1, 0.15) is 34.5 Å². The maximum atomic E-state index is 13.0. The van der Waals surface area contributed by atoms with Crippen molar-refractivity contribution in [2.45, 2.75) is 31.1 Å². The van der Waals surface area contributed by atoms with Crippen molar-refractivity contribution in [1.29, 1.82) is 0 Å². The summed E-state index contributed by atoms with van der Waals surface area (Å²) in [7, 11) is -3.63. The van der Waals surface area contributed by atoms with Gasteiger partial charge < -0.3 is 10.1 Å². The van der Waals surface area contributed by atoms with Crippen molar-refractivity contribution in [1.82, 2.24) is 9.29 Å². The van der Waals surface area contributed by atoms with Gasteiger partial charge in [-0.25, -0.2) is 18.2 Å². The van der Waals surface area contributed by atoms with Crippen LogP contribution in [0.4, 0.5) is 5.69 Å². The highest BCUT2D eigenvalue weighted by molar-refractivity contribution is 7.89. The number of rotatable bonds is 7. The molecule has 192 valence electrons. The molecule has 0 bridgehead atoms. The molecule has 37 heavy (non-hydrogen) atoms. The zero-order valence-electron chi connectivity index (χ0n) is 20.1. The van der Waals surface area contributed by atoms with E-state index < -0.39 is 28.5 Å². The average Bonchev–Trinajstić information content (AvgIpc) is 3.56. The van der Waals surface area contributed by atoms with Crippen molar-refractivity contribution in [3.8, 4) is 9.88 Å². The van der Waals surface area contributed by atoms with Gasteiger partial charge in [0.1, 0.15) is 9.88 Å². The summed E-state index contributed by atoms with van der Waals surface area (Å²) in [4.78, 5) is 31.0. The van der Waals surface area contributed by atoms with Gasteiger partial charge in [-0.05, 0) is 61.7 Å². The molecular weight excluding hydrogens is 531 g/mol. The maximum absolute atomic E-state index is 13.0. The molecule has 1 aliphatic rings. The fourth-order valence-electron chi connectivity index (χ4n) is 4.08. The summed E-state index contributed by atoms with van der Waals surface area (Å²) in [5.74, 6) is -1.16. The van der Waals surface area contributed by atoms with Gasteiger partial charge in [0.05, 0.1) is 20.0 Å². The van der Waals surface area contributed by atoms with Crippen molar-refractivity contribution in [2.75, 3.05) is 25.0 Å². The van der Waals surface area contributed by atoms with Crippen LogP contribution >= 0.6 is 22.7 Å². The predicted molar refractivity (Wildman–Crippen MR) is 146 cm³/mol. The first-order chi connectivity index (χ1) is 17.8. The fraction of sp³-hybridized carbons (Fsp3) is 0.269. The first kappa shape index (κ1) is 25.5. The van der Waals surface area contributed by atoms with E-state index in [0.717, 1.165) is 39.4 Å². The number of hydrogen-bond acceptors (Lipinski definition) is 8. The van der Waals surface area contributed by atoms with Crippen LogP contribution < -0.4 is 5.32 Å². The third-order valence-electron chi connectivity index (χ3n) is 6.08. The second kappa shape index (κ2) is 10.7. The number of sulfonamides is 1. The number of nitrogens with one attached hydrogen (secondary N) is 1. The lowest BCUT2D eigenvalue weighted by Crippen LogP contribution is -2.35. The minimum atomic E-state index is -3.63. The zero-order chi connectivity index (χ0) is 26.0. The Morgan fingerprint density at radius 2 is 1.81 bits per heavy atom. The summed E-state index contributed by atoms with van der Waals surface area (Å²) < 4.78 is 33.8. The average molecular weight is 556 g/mol. The van der Waals surface area contributed by atoms with E-state index in [1.54, 1.807) is 36.5 Å². The molecule has 0 spiro atoms. The number of thiazole rings is 1. The van der Waals surface area contributed by atoms with Crippen LogP contribution in [-0.2, 0) is 19.6 Å². The monoisotopic (exact) mass is 555 g/mol. The van der Waals surface area contributed by atoms with E-state index in [1.165, 1.54) is 21.7 Å². The Balaban J connectivity index is 1.21. The van der Waals surface area contributed by atoms with Crippen LogP contribution in [0.2, 0.25) is 0 Å². The summed E-state index contributed by atoms with van der Waals surface area (Å²) in [5, 5.41) is 3.49. The molecule has 1 amide bonds. The van der Waals surface area contributed by atoms with Gasteiger partial charge in [-0.15, -0.1) is 22.7 Å². The first-order valence-electron chi connectivity index (χ1n) is 11.8. The second-order valence-electron chi connectivity index (χ2n) is 8.72. The normalized spacial score (nSPS) is 14.5. The number of aryl methyl sites for hydroxylation is 1. The number of amides is 1. The maximum Gasteiger partial charge on any atom is 0.348 e. The number of fused-ring (bicyclic) bond motifs is 1. The van der Waals surface area contributed by atoms with Crippen molar-refractivity contribution in [3.05, 3.63) is 65.0 Å². The van der Waals surface area contributed by atoms with Crippen LogP contribution in [0, 0.1) is 6.92 Å². The van der Waals surface area contributed by atoms with Gasteiger partial charge in [0.15, 0.2) is 6.61 Å². The number of anilines is 1. The van der Waals surface area contributed by atoms with Crippen molar-refractivity contribution < 1.29 is 22.7 Å². The Morgan fingerprint density at radius 1 is 1.03 bits per heavy atom. The van der Waals surface area contributed by atoms with E-state index in [-0.39, 0.29) is 4.90 Å². The van der Waals surface area contributed by atoms with Crippen molar-refractivity contribution in [2.24, 2.45) is 0 Å². The predicted octanol–water partition coefficient (Wildman–Crippen LogP) is 5.30. The van der Waals surface area contributed by atoms with E-state index in [1.807, 2.05) is 30.3 Å². The Bertz CT molecular complexity index is 1540. The van der Waals surface area contributed by atoms with E-state index in [4.69, 9.17) is 4.74 Å². The number of ether oxygens (including phenoxy) is 1. The van der Waals surface area contributed by atoms with Gasteiger partial charge in [0.2, 0.25) is 10.0 Å². The molecule has 0 radical (unpaired) electrons. The van der Waals surface area contributed by atoms with Gasteiger partial charge in [0.25, 0.3) is 5.91 Å². The van der Waals surface area contributed by atoms with Crippen LogP contribution in [0.3, 0.4) is 0 Å². The Labute approximate surface area is 223 Å². The number of esters is 1. The van der Waals surface area contributed by atoms with Crippen LogP contribution in [0.25, 0.3) is 20.1 Å². The quantitative estimate of drug-likeness (QED) is 0.310. The Hall–Kier alpha value is -3.12. The molecule has 1 N–H and O–H groups in total. The second-order valence-corrected chi connectivity index (χ2v) is 12.8. The highest BCUT2D eigenvalue weighted by Gasteiger charge is 2.26. The number of thiophene rings is 1. The van der Waals surface area contributed by atoms with E-state index in [0.29, 0.717) is 29.2 Å². The molecule has 2 aromatic carbocycles. The van der Waals surface area contributed by atoms with E-state index in [9.17, 15) is 18.0 Å². The van der Waals surface area contributed by atoms with Crippen molar-refractivity contribution in [3.63, 3.8) is 0 Å². The molecule has 11 heteroatoms. The summed E-state index contributed by atoms with van der Waals surface area (Å²) in [5.41, 5.74) is 1.98. The number of hydrogen-bond donors (Lipinski definition) is 1. The van der Waals surface area contributed by atoms with E-state index in [2.05, 4.69) is 10.3 Å². The number of nitrogens with zero attached hydrogens (tertiary/aromatic N) is 2. The lowest BCUT2D eigenvalue weighted by atomic mass is 10.2. The van der Waals surface area contributed by atoms with Crippen molar-refractivity contribution >= 4 is 60.5 Å². The molecule has 1 aliphatic heterocycles. The summed E-state index contributed by atoms with van der Waals surface area (Å²) >= 11 is 2.80. The topological polar surface area (TPSA) is 106 Å². The van der Waals surface area contributed by atoms with E-state index >= 15 is 0 Å². The minimum absolute atomic E-state index is 0.133. The highest BCUT2D eigenvalue weighted by atomic mass is 32.2. The number of para-hydroxylation sites is 1. The van der Waals surface area contributed by atoms with Gasteiger partial charge in [-0.3, -0.25) is 4.79 Å².